The van der Waals surface area contributed by atoms with Gasteiger partial charge in [-0.1, -0.05) is 24.3 Å². The first-order chi connectivity index (χ1) is 21.2. The first-order valence-corrected chi connectivity index (χ1v) is 13.9. The lowest BCUT2D eigenvalue weighted by atomic mass is 9.90. The minimum Gasteiger partial charge on any atom is -0.506 e. The number of rotatable bonds is 11. The summed E-state index contributed by atoms with van der Waals surface area (Å²) < 4.78 is 22.2. The van der Waals surface area contributed by atoms with Crippen molar-refractivity contribution in [3.63, 3.8) is 0 Å². The van der Waals surface area contributed by atoms with Gasteiger partial charge in [-0.3, -0.25) is 4.79 Å². The number of phenols is 1. The number of ether oxygens (including phenoxy) is 4. The van der Waals surface area contributed by atoms with Gasteiger partial charge in [0.2, 0.25) is 6.29 Å². The van der Waals surface area contributed by atoms with E-state index in [2.05, 4.69) is 0 Å². The Morgan fingerprint density at radius 2 is 1.40 bits per heavy atom. The van der Waals surface area contributed by atoms with Crippen molar-refractivity contribution in [2.24, 2.45) is 5.92 Å². The van der Waals surface area contributed by atoms with Gasteiger partial charge < -0.3 is 75.1 Å². The van der Waals surface area contributed by atoms with E-state index in [1.165, 1.54) is 31.2 Å². The van der Waals surface area contributed by atoms with Gasteiger partial charge in [0.15, 0.2) is 6.29 Å². The van der Waals surface area contributed by atoms with Crippen LogP contribution < -0.4 is 4.74 Å². The average Bonchev–Trinajstić information content (AvgIpc) is 3.01. The minimum absolute atomic E-state index is 0.0252. The molecule has 0 aromatic heterocycles. The molecule has 2 aliphatic heterocycles. The Morgan fingerprint density at radius 1 is 0.844 bits per heavy atom. The smallest absolute Gasteiger partial charge is 0.339 e. The van der Waals surface area contributed by atoms with Crippen molar-refractivity contribution in [3.8, 4) is 11.5 Å². The van der Waals surface area contributed by atoms with E-state index in [1.807, 2.05) is 0 Å². The van der Waals surface area contributed by atoms with Crippen LogP contribution in [0.4, 0.5) is 0 Å². The maximum absolute atomic E-state index is 12.3. The molecule has 4 rings (SSSR count). The van der Waals surface area contributed by atoms with E-state index < -0.39 is 116 Å². The maximum atomic E-state index is 12.3. The highest BCUT2D eigenvalue weighted by Crippen LogP contribution is 2.42. The fraction of sp³-hybridized carbons (Fsp3) is 0.571. The van der Waals surface area contributed by atoms with Crippen LogP contribution >= 0.6 is 0 Å². The van der Waals surface area contributed by atoms with Crippen molar-refractivity contribution in [1.29, 1.82) is 0 Å². The fourth-order valence-corrected chi connectivity index (χ4v) is 5.21. The summed E-state index contributed by atoms with van der Waals surface area (Å²) in [5.41, 5.74) is -1.08. The van der Waals surface area contributed by atoms with Crippen LogP contribution in [-0.4, -0.2) is 149 Å². The Morgan fingerprint density at radius 3 is 1.98 bits per heavy atom. The lowest BCUT2D eigenvalue weighted by Gasteiger charge is -2.42. The van der Waals surface area contributed by atoms with Gasteiger partial charge in [0.1, 0.15) is 65.9 Å². The van der Waals surface area contributed by atoms with Crippen LogP contribution in [0.25, 0.3) is 10.8 Å². The molecule has 2 fully saturated rings. The molecule has 2 aromatic rings. The second-order valence-electron chi connectivity index (χ2n) is 10.9. The van der Waals surface area contributed by atoms with E-state index in [1.54, 1.807) is 0 Å². The van der Waals surface area contributed by atoms with Gasteiger partial charge in [0, 0.05) is 22.8 Å². The van der Waals surface area contributed by atoms with Crippen LogP contribution in [0.15, 0.2) is 24.3 Å². The molecule has 12 atom stereocenters. The van der Waals surface area contributed by atoms with Crippen molar-refractivity contribution < 1.29 is 84.7 Å². The molecule has 0 spiro atoms. The number of fused-ring (bicyclic) bond motifs is 1. The Bertz CT molecular complexity index is 1370. The van der Waals surface area contributed by atoms with Crippen LogP contribution in [0.2, 0.25) is 0 Å². The van der Waals surface area contributed by atoms with Crippen molar-refractivity contribution in [3.05, 3.63) is 35.4 Å². The van der Waals surface area contributed by atoms with Gasteiger partial charge in [-0.15, -0.1) is 0 Å². The van der Waals surface area contributed by atoms with Gasteiger partial charge >= 0.3 is 11.9 Å². The molecule has 2 aromatic carbocycles. The number of carboxylic acid groups (broad SMARTS) is 2. The predicted octanol–water partition coefficient (Wildman–Crippen LogP) is -3.13. The molecule has 12 unspecified atom stereocenters. The van der Waals surface area contributed by atoms with Crippen LogP contribution in [0.1, 0.15) is 22.8 Å². The number of aromatic hydroxyl groups is 1. The summed E-state index contributed by atoms with van der Waals surface area (Å²) in [5.74, 6) is -5.48. The van der Waals surface area contributed by atoms with Crippen molar-refractivity contribution in [2.45, 2.75) is 80.9 Å². The molecular weight excluding hydrogens is 608 g/mol. The van der Waals surface area contributed by atoms with Gasteiger partial charge in [0.05, 0.1) is 25.2 Å². The van der Waals surface area contributed by atoms with Crippen LogP contribution in [-0.2, 0) is 25.4 Å². The van der Waals surface area contributed by atoms with Gasteiger partial charge in [-0.25, -0.2) is 4.79 Å². The van der Waals surface area contributed by atoms with E-state index in [9.17, 15) is 65.8 Å². The lowest BCUT2D eigenvalue weighted by Crippen LogP contribution is -2.62. The van der Waals surface area contributed by atoms with Gasteiger partial charge in [-0.05, 0) is 6.92 Å². The third kappa shape index (κ3) is 6.83. The Balaban J connectivity index is 1.68. The van der Waals surface area contributed by atoms with E-state index in [-0.39, 0.29) is 22.1 Å². The number of aliphatic hydroxyl groups is 8. The summed E-state index contributed by atoms with van der Waals surface area (Å²) in [6, 6.07) is 5.75. The zero-order valence-corrected chi connectivity index (χ0v) is 23.7. The van der Waals surface area contributed by atoms with E-state index in [0.29, 0.717) is 0 Å². The SMILES string of the molecule is CC(C(=O)O)C(O)Cc1c(C(=O)O)c(O)c2ccccc2c1OC1OC(COC2OC(CO)C(O)C(O)C2O)C(O)C(O)C1O. The number of carbonyl (C=O) groups is 2. The molecule has 2 heterocycles. The first kappa shape index (κ1) is 34.7. The molecule has 0 aliphatic carbocycles. The number of hydrogen-bond acceptors (Lipinski definition) is 15. The second-order valence-corrected chi connectivity index (χ2v) is 10.9. The summed E-state index contributed by atoms with van der Waals surface area (Å²) in [4.78, 5) is 23.8. The summed E-state index contributed by atoms with van der Waals surface area (Å²) in [7, 11) is 0. The van der Waals surface area contributed by atoms with Crippen molar-refractivity contribution >= 4 is 22.7 Å². The highest BCUT2D eigenvalue weighted by molar-refractivity contribution is 6.05. The maximum Gasteiger partial charge on any atom is 0.339 e. The number of aliphatic hydroxyl groups excluding tert-OH is 8. The quantitative estimate of drug-likeness (QED) is 0.115. The molecule has 0 bridgehead atoms. The molecule has 250 valence electrons. The van der Waals surface area contributed by atoms with Crippen molar-refractivity contribution in [2.75, 3.05) is 13.2 Å². The Hall–Kier alpha value is -3.20. The third-order valence-corrected chi connectivity index (χ3v) is 8.01. The second kappa shape index (κ2) is 14.1. The van der Waals surface area contributed by atoms with E-state index in [0.717, 1.165) is 0 Å². The highest BCUT2D eigenvalue weighted by atomic mass is 16.7. The zero-order valence-electron chi connectivity index (χ0n) is 23.7. The molecular formula is C28H36O17. The first-order valence-electron chi connectivity index (χ1n) is 13.9. The normalized spacial score (nSPS) is 33.4. The monoisotopic (exact) mass is 644 g/mol. The summed E-state index contributed by atoms with van der Waals surface area (Å²) in [6.45, 7) is -0.234. The van der Waals surface area contributed by atoms with Gasteiger partial charge in [0.25, 0.3) is 0 Å². The summed E-state index contributed by atoms with van der Waals surface area (Å²) in [5, 5.41) is 112. The third-order valence-electron chi connectivity index (χ3n) is 8.01. The zero-order chi connectivity index (χ0) is 33.3. The Kier molecular flexibility index (Phi) is 10.8. The van der Waals surface area contributed by atoms with Gasteiger partial charge in [-0.2, -0.15) is 0 Å². The number of aliphatic carboxylic acids is 1. The number of aromatic carboxylic acids is 1. The van der Waals surface area contributed by atoms with Crippen LogP contribution in [0.5, 0.6) is 11.5 Å². The molecule has 0 radical (unpaired) electrons. The number of benzene rings is 2. The molecule has 0 amide bonds. The lowest BCUT2D eigenvalue weighted by molar-refractivity contribution is -0.323. The topological polar surface area (TPSA) is 294 Å². The predicted molar refractivity (Wildman–Crippen MR) is 146 cm³/mol. The highest BCUT2D eigenvalue weighted by Gasteiger charge is 2.48. The molecule has 45 heavy (non-hydrogen) atoms. The summed E-state index contributed by atoms with van der Waals surface area (Å²) >= 11 is 0. The molecule has 11 N–H and O–H groups in total. The fourth-order valence-electron chi connectivity index (χ4n) is 5.21. The molecule has 17 heteroatoms. The standard InChI is InChI=1S/C28H36O17/c1-9(25(38)39)13(30)6-12-16(26(40)41)17(31)10-4-2-3-5-11(10)24(12)45-28-23(37)21(35)19(33)15(44-28)8-42-27-22(36)20(34)18(32)14(7-29)43-27/h2-5,9,13-15,18-23,27-37H,6-8H2,1H3,(H,38,39)(H,40,41). The minimum atomic E-state index is -1.97. The number of hydrogen-bond donors (Lipinski definition) is 11. The molecule has 2 saturated heterocycles. The Labute approximate surface area is 254 Å². The van der Waals surface area contributed by atoms with Crippen LogP contribution in [0, 0.1) is 5.92 Å². The van der Waals surface area contributed by atoms with E-state index >= 15 is 0 Å². The number of carboxylic acids is 2. The molecule has 2 aliphatic rings. The average molecular weight is 645 g/mol. The van der Waals surface area contributed by atoms with E-state index in [4.69, 9.17) is 18.9 Å². The molecule has 0 saturated carbocycles. The van der Waals surface area contributed by atoms with Crippen LogP contribution in [0.3, 0.4) is 0 Å². The summed E-state index contributed by atoms with van der Waals surface area (Å²) in [6.07, 6.45) is -19.6. The largest absolute Gasteiger partial charge is 0.506 e. The molecule has 17 nitrogen and oxygen atoms in total. The van der Waals surface area contributed by atoms with Crippen molar-refractivity contribution in [1.82, 2.24) is 0 Å².